The van der Waals surface area contributed by atoms with Crippen molar-refractivity contribution in [3.8, 4) is 0 Å². The van der Waals surface area contributed by atoms with E-state index in [1.165, 1.54) is 6.07 Å². The van der Waals surface area contributed by atoms with Gasteiger partial charge in [0.05, 0.1) is 4.90 Å². The zero-order chi connectivity index (χ0) is 12.5. The van der Waals surface area contributed by atoms with E-state index >= 15 is 0 Å². The maximum absolute atomic E-state index is 11.2. The third-order valence-electron chi connectivity index (χ3n) is 2.71. The first-order valence-corrected chi connectivity index (χ1v) is 6.91. The van der Waals surface area contributed by atoms with Gasteiger partial charge in [-0.25, -0.2) is 8.42 Å². The second kappa shape index (κ2) is 6.61. The van der Waals surface area contributed by atoms with Crippen LogP contribution in [0.4, 0.5) is 0 Å². The number of hydrogen-bond donors (Lipinski definition) is 0. The Kier molecular flexibility index (Phi) is 5.98. The maximum Gasteiger partial charge on any atom is 1.00 e. The van der Waals surface area contributed by atoms with Crippen molar-refractivity contribution in [2.75, 3.05) is 0 Å². The minimum atomic E-state index is -4.41. The minimum Gasteiger partial charge on any atom is -0.744 e. The number of benzene rings is 2. The molecule has 0 aliphatic rings. The summed E-state index contributed by atoms with van der Waals surface area (Å²) in [6.45, 7) is 2.06. The molecule has 18 heavy (non-hydrogen) atoms. The Labute approximate surface area is 150 Å². The molecule has 5 heteroatoms. The third-order valence-corrected chi connectivity index (χ3v) is 3.61. The molecule has 0 saturated heterocycles. The van der Waals surface area contributed by atoms with Crippen LogP contribution in [0, 0.1) is 0 Å². The van der Waals surface area contributed by atoms with Crippen LogP contribution in [-0.4, -0.2) is 13.0 Å². The Morgan fingerprint density at radius 1 is 1.17 bits per heavy atom. The van der Waals surface area contributed by atoms with Gasteiger partial charge in [-0.15, -0.1) is 0 Å². The number of hydrogen-bond acceptors (Lipinski definition) is 3. The van der Waals surface area contributed by atoms with Crippen LogP contribution in [0.5, 0.6) is 0 Å². The van der Waals surface area contributed by atoms with Gasteiger partial charge in [0.15, 0.2) is 0 Å². The van der Waals surface area contributed by atoms with Crippen molar-refractivity contribution >= 4 is 20.9 Å². The van der Waals surface area contributed by atoms with E-state index in [0.717, 1.165) is 23.8 Å². The Bertz CT molecular complexity index is 650. The fraction of sp³-hybridized carbons (Fsp3) is 0.231. The van der Waals surface area contributed by atoms with E-state index in [1.54, 1.807) is 18.2 Å². The molecule has 0 bridgehead atoms. The summed E-state index contributed by atoms with van der Waals surface area (Å²) in [5.74, 6) is 0. The summed E-state index contributed by atoms with van der Waals surface area (Å²) in [4.78, 5) is -0.132. The van der Waals surface area contributed by atoms with E-state index in [1.807, 2.05) is 12.1 Å². The average molecular weight is 288 g/mol. The Hall–Kier alpha value is 0.246. The van der Waals surface area contributed by atoms with Gasteiger partial charge in [0.2, 0.25) is 0 Å². The van der Waals surface area contributed by atoms with Crippen molar-refractivity contribution in [2.24, 2.45) is 0 Å². The van der Waals surface area contributed by atoms with E-state index in [4.69, 9.17) is 0 Å². The minimum absolute atomic E-state index is 0. The molecule has 0 atom stereocenters. The van der Waals surface area contributed by atoms with Crippen molar-refractivity contribution in [2.45, 2.75) is 24.7 Å². The van der Waals surface area contributed by atoms with Crippen molar-refractivity contribution in [3.05, 3.63) is 42.0 Å². The van der Waals surface area contributed by atoms with Crippen molar-refractivity contribution in [3.63, 3.8) is 0 Å². The summed E-state index contributed by atoms with van der Waals surface area (Å²) in [6, 6.07) is 10.4. The summed E-state index contributed by atoms with van der Waals surface area (Å²) >= 11 is 0. The van der Waals surface area contributed by atoms with Crippen LogP contribution >= 0.6 is 0 Å². The van der Waals surface area contributed by atoms with E-state index < -0.39 is 10.1 Å². The topological polar surface area (TPSA) is 57.2 Å². The van der Waals surface area contributed by atoms with Gasteiger partial charge in [-0.05, 0) is 34.9 Å². The molecule has 2 aromatic carbocycles. The molecule has 0 aliphatic carbocycles. The molecule has 0 aliphatic heterocycles. The molecule has 90 valence electrons. The van der Waals surface area contributed by atoms with E-state index in [0.29, 0.717) is 5.39 Å². The molecular formula is C13H13KO3S. The van der Waals surface area contributed by atoms with Gasteiger partial charge in [-0.1, -0.05) is 37.6 Å². The van der Waals surface area contributed by atoms with Crippen LogP contribution in [0.1, 0.15) is 18.9 Å². The second-order valence-electron chi connectivity index (χ2n) is 4.02. The van der Waals surface area contributed by atoms with Crippen molar-refractivity contribution < 1.29 is 64.4 Å². The second-order valence-corrected chi connectivity index (χ2v) is 5.36. The zero-order valence-corrected chi connectivity index (χ0v) is 14.5. The molecule has 0 radical (unpaired) electrons. The fourth-order valence-corrected chi connectivity index (χ4v) is 2.64. The predicted molar refractivity (Wildman–Crippen MR) is 65.9 cm³/mol. The van der Waals surface area contributed by atoms with Gasteiger partial charge in [-0.3, -0.25) is 0 Å². The smallest absolute Gasteiger partial charge is 0.744 e. The molecule has 0 saturated carbocycles. The quantitative estimate of drug-likeness (QED) is 0.575. The Balaban J connectivity index is 0.00000162. The SMILES string of the molecule is CCCc1ccc2cccc(S(=O)(=O)[O-])c2c1.[K+]. The van der Waals surface area contributed by atoms with Crippen molar-refractivity contribution in [1.29, 1.82) is 0 Å². The van der Waals surface area contributed by atoms with Crippen LogP contribution in [0.15, 0.2) is 41.3 Å². The van der Waals surface area contributed by atoms with Gasteiger partial charge in [0, 0.05) is 0 Å². The fourth-order valence-electron chi connectivity index (χ4n) is 1.95. The molecular weight excluding hydrogens is 275 g/mol. The number of aryl methyl sites for hydroxylation is 1. The molecule has 2 aromatic rings. The summed E-state index contributed by atoms with van der Waals surface area (Å²) in [7, 11) is -4.41. The van der Waals surface area contributed by atoms with Crippen molar-refractivity contribution in [1.82, 2.24) is 0 Å². The molecule has 0 N–H and O–H groups in total. The Morgan fingerprint density at radius 3 is 2.50 bits per heavy atom. The van der Waals surface area contributed by atoms with Gasteiger partial charge in [0.1, 0.15) is 10.1 Å². The summed E-state index contributed by atoms with van der Waals surface area (Å²) in [5, 5.41) is 1.30. The van der Waals surface area contributed by atoms with E-state index in [2.05, 4.69) is 6.92 Å². The van der Waals surface area contributed by atoms with Crippen LogP contribution < -0.4 is 51.4 Å². The largest absolute Gasteiger partial charge is 1.00 e. The molecule has 0 unspecified atom stereocenters. The normalized spacial score (nSPS) is 11.2. The molecule has 0 aromatic heterocycles. The first-order valence-electron chi connectivity index (χ1n) is 5.50. The van der Waals surface area contributed by atoms with Crippen LogP contribution in [0.2, 0.25) is 0 Å². The van der Waals surface area contributed by atoms with E-state index in [9.17, 15) is 13.0 Å². The molecule has 3 nitrogen and oxygen atoms in total. The van der Waals surface area contributed by atoms with Crippen LogP contribution in [0.3, 0.4) is 0 Å². The molecule has 0 amide bonds. The third kappa shape index (κ3) is 3.63. The van der Waals surface area contributed by atoms with Crippen LogP contribution in [-0.2, 0) is 16.5 Å². The molecule has 0 spiro atoms. The predicted octanol–water partition coefficient (Wildman–Crippen LogP) is -0.300. The average Bonchev–Trinajstić information content (AvgIpc) is 2.27. The van der Waals surface area contributed by atoms with Gasteiger partial charge >= 0.3 is 51.4 Å². The summed E-state index contributed by atoms with van der Waals surface area (Å²) in [5.41, 5.74) is 1.05. The standard InChI is InChI=1S/C13H14O3S.K/c1-2-4-10-7-8-11-5-3-6-13(12(11)9-10)17(14,15)16;/h3,5-9H,2,4H2,1H3,(H,14,15,16);/q;+1/p-1. The summed E-state index contributed by atoms with van der Waals surface area (Å²) in [6.07, 6.45) is 1.86. The first kappa shape index (κ1) is 16.3. The number of rotatable bonds is 3. The van der Waals surface area contributed by atoms with Crippen LogP contribution in [0.25, 0.3) is 10.8 Å². The monoisotopic (exact) mass is 288 g/mol. The van der Waals surface area contributed by atoms with Gasteiger partial charge in [0.25, 0.3) is 0 Å². The molecule has 2 rings (SSSR count). The first-order chi connectivity index (χ1) is 8.02. The zero-order valence-electron chi connectivity index (χ0n) is 10.5. The van der Waals surface area contributed by atoms with Gasteiger partial charge in [-0.2, -0.15) is 0 Å². The Morgan fingerprint density at radius 2 is 1.89 bits per heavy atom. The number of fused-ring (bicyclic) bond motifs is 1. The summed E-state index contributed by atoms with van der Waals surface area (Å²) < 4.78 is 33.5. The molecule has 0 fully saturated rings. The maximum atomic E-state index is 11.2. The molecule has 0 heterocycles. The van der Waals surface area contributed by atoms with Gasteiger partial charge < -0.3 is 4.55 Å². The van der Waals surface area contributed by atoms with E-state index in [-0.39, 0.29) is 56.3 Å².